The molecule has 2 spiro atoms. The van der Waals surface area contributed by atoms with Crippen molar-refractivity contribution in [2.24, 2.45) is 35.5 Å². The zero-order chi connectivity index (χ0) is 25.7. The van der Waals surface area contributed by atoms with E-state index in [2.05, 4.69) is 57.7 Å². The number of rotatable bonds is 4. The van der Waals surface area contributed by atoms with E-state index in [1.807, 2.05) is 24.3 Å². The molecule has 4 atom stereocenters. The Kier molecular flexibility index (Phi) is 7.49. The molecule has 6 fully saturated rings. The second-order valence-electron chi connectivity index (χ2n) is 12.4. The van der Waals surface area contributed by atoms with E-state index >= 15 is 0 Å². The number of nitrogens with one attached hydrogen (secondary N) is 2. The maximum atomic E-state index is 13.3. The fourth-order valence-corrected chi connectivity index (χ4v) is 16.6. The van der Waals surface area contributed by atoms with Crippen molar-refractivity contribution in [3.8, 4) is 0 Å². The summed E-state index contributed by atoms with van der Waals surface area (Å²) in [7, 11) is 0. The number of carbonyl (C=O) groups is 2. The fourth-order valence-electron chi connectivity index (χ4n) is 8.77. The van der Waals surface area contributed by atoms with Gasteiger partial charge in [0, 0.05) is 46.2 Å². The summed E-state index contributed by atoms with van der Waals surface area (Å²) in [5, 5.41) is 6.42. The molecule has 1 aromatic rings. The highest BCUT2D eigenvalue weighted by molar-refractivity contribution is 8.21. The normalized spacial score (nSPS) is 36.7. The lowest BCUT2D eigenvalue weighted by molar-refractivity contribution is -0.123. The van der Waals surface area contributed by atoms with Crippen LogP contribution < -0.4 is 10.6 Å². The number of amides is 2. The molecule has 8 heteroatoms. The minimum Gasteiger partial charge on any atom is -0.326 e. The summed E-state index contributed by atoms with van der Waals surface area (Å²) in [6, 6.07) is 7.82. The summed E-state index contributed by atoms with van der Waals surface area (Å²) in [6.45, 7) is 0. The third-order valence-corrected chi connectivity index (χ3v) is 18.4. The van der Waals surface area contributed by atoms with E-state index in [4.69, 9.17) is 0 Å². The lowest BCUT2D eigenvalue weighted by Gasteiger charge is -2.52. The number of anilines is 2. The third-order valence-electron chi connectivity index (χ3n) is 10.4. The van der Waals surface area contributed by atoms with Crippen LogP contribution in [0.1, 0.15) is 64.2 Å². The van der Waals surface area contributed by atoms with Crippen LogP contribution in [-0.4, -0.2) is 43.0 Å². The quantitative estimate of drug-likeness (QED) is 0.378. The first-order valence-electron chi connectivity index (χ1n) is 14.8. The average Bonchev–Trinajstić information content (AvgIpc) is 3.56. The second kappa shape index (κ2) is 10.8. The maximum Gasteiger partial charge on any atom is 0.227 e. The molecule has 4 aliphatic carbocycles. The predicted octanol–water partition coefficient (Wildman–Crippen LogP) is 7.57. The van der Waals surface area contributed by atoms with Crippen molar-refractivity contribution < 1.29 is 9.59 Å². The first kappa shape index (κ1) is 26.5. The Morgan fingerprint density at radius 2 is 0.895 bits per heavy atom. The zero-order valence-electron chi connectivity index (χ0n) is 22.1. The average molecular weight is 589 g/mol. The number of carbonyl (C=O) groups excluding carboxylic acids is 2. The van der Waals surface area contributed by atoms with Gasteiger partial charge in [0.1, 0.15) is 0 Å². The zero-order valence-corrected chi connectivity index (χ0v) is 25.4. The highest BCUT2D eigenvalue weighted by Crippen LogP contribution is 2.65. The van der Waals surface area contributed by atoms with Crippen LogP contribution >= 0.6 is 47.0 Å². The van der Waals surface area contributed by atoms with Gasteiger partial charge in [-0.25, -0.2) is 0 Å². The monoisotopic (exact) mass is 588 g/mol. The summed E-state index contributed by atoms with van der Waals surface area (Å²) in [5.41, 5.74) is 1.68. The van der Waals surface area contributed by atoms with E-state index < -0.39 is 0 Å². The van der Waals surface area contributed by atoms with Gasteiger partial charge in [-0.15, -0.1) is 47.0 Å². The fraction of sp³-hybridized carbons (Fsp3) is 0.733. The SMILES string of the molecule is O=C(Nc1ccc(NC(=O)C2C[C@@H]3CCC[C@@H](C2)C32SCCS2)cc1)C1CC2CCCC(C1)C21SCCS1. The molecule has 7 rings (SSSR count). The van der Waals surface area contributed by atoms with E-state index in [-0.39, 0.29) is 23.7 Å². The summed E-state index contributed by atoms with van der Waals surface area (Å²) < 4.78 is 0.808. The van der Waals surface area contributed by atoms with Gasteiger partial charge in [-0.2, -0.15) is 0 Å². The smallest absolute Gasteiger partial charge is 0.227 e. The number of hydrogen-bond acceptors (Lipinski definition) is 6. The maximum absolute atomic E-state index is 13.3. The van der Waals surface area contributed by atoms with Crippen molar-refractivity contribution in [2.45, 2.75) is 72.4 Å². The molecule has 0 aromatic heterocycles. The van der Waals surface area contributed by atoms with E-state index in [9.17, 15) is 9.59 Å². The molecule has 4 bridgehead atoms. The molecule has 0 radical (unpaired) electrons. The van der Waals surface area contributed by atoms with E-state index in [1.165, 1.54) is 61.5 Å². The molecule has 2 saturated heterocycles. The van der Waals surface area contributed by atoms with Crippen molar-refractivity contribution in [1.29, 1.82) is 0 Å². The van der Waals surface area contributed by atoms with Crippen LogP contribution in [0.3, 0.4) is 0 Å². The Bertz CT molecular complexity index is 938. The molecule has 206 valence electrons. The number of benzene rings is 1. The molecular formula is C30H40N2O2S4. The van der Waals surface area contributed by atoms with Gasteiger partial charge in [-0.05, 0) is 99.3 Å². The van der Waals surface area contributed by atoms with Gasteiger partial charge in [-0.3, -0.25) is 9.59 Å². The van der Waals surface area contributed by atoms with Gasteiger partial charge >= 0.3 is 0 Å². The third kappa shape index (κ3) is 4.65. The molecule has 2 heterocycles. The topological polar surface area (TPSA) is 58.2 Å². The van der Waals surface area contributed by atoms with Gasteiger partial charge in [-0.1, -0.05) is 12.8 Å². The Labute approximate surface area is 244 Å². The minimum absolute atomic E-state index is 0.127. The molecule has 2 N–H and O–H groups in total. The Morgan fingerprint density at radius 3 is 1.21 bits per heavy atom. The van der Waals surface area contributed by atoms with E-state index in [0.717, 1.165) is 37.1 Å². The largest absolute Gasteiger partial charge is 0.326 e. The van der Waals surface area contributed by atoms with Crippen LogP contribution in [0.5, 0.6) is 0 Å². The van der Waals surface area contributed by atoms with Gasteiger partial charge in [0.25, 0.3) is 0 Å². The Balaban J connectivity index is 0.946. The van der Waals surface area contributed by atoms with Crippen LogP contribution in [0.25, 0.3) is 0 Å². The second-order valence-corrected chi connectivity index (χ2v) is 18.4. The van der Waals surface area contributed by atoms with Crippen molar-refractivity contribution in [2.75, 3.05) is 33.6 Å². The molecule has 38 heavy (non-hydrogen) atoms. The Morgan fingerprint density at radius 1 is 0.579 bits per heavy atom. The first-order chi connectivity index (χ1) is 18.6. The summed E-state index contributed by atoms with van der Waals surface area (Å²) in [5.74, 6) is 8.46. The number of hydrogen-bond donors (Lipinski definition) is 2. The lowest BCUT2D eigenvalue weighted by Crippen LogP contribution is -2.48. The van der Waals surface area contributed by atoms with Crippen molar-refractivity contribution >= 4 is 70.2 Å². The minimum atomic E-state index is 0.127. The summed E-state index contributed by atoms with van der Waals surface area (Å²) in [4.78, 5) is 26.6. The molecule has 2 unspecified atom stereocenters. The lowest BCUT2D eigenvalue weighted by atomic mass is 9.67. The molecule has 4 nitrogen and oxygen atoms in total. The molecule has 6 aliphatic rings. The Hall–Kier alpha value is -0.440. The first-order valence-corrected chi connectivity index (χ1v) is 18.8. The van der Waals surface area contributed by atoms with Gasteiger partial charge < -0.3 is 10.6 Å². The molecular weight excluding hydrogens is 549 g/mol. The highest BCUT2D eigenvalue weighted by Gasteiger charge is 2.56. The van der Waals surface area contributed by atoms with Crippen molar-refractivity contribution in [3.05, 3.63) is 24.3 Å². The van der Waals surface area contributed by atoms with Gasteiger partial charge in [0.05, 0.1) is 8.16 Å². The molecule has 4 saturated carbocycles. The van der Waals surface area contributed by atoms with Crippen LogP contribution in [0.2, 0.25) is 0 Å². The van der Waals surface area contributed by atoms with Crippen LogP contribution in [0.15, 0.2) is 24.3 Å². The van der Waals surface area contributed by atoms with E-state index in [1.54, 1.807) is 0 Å². The van der Waals surface area contributed by atoms with Crippen LogP contribution in [0, 0.1) is 35.5 Å². The summed E-state index contributed by atoms with van der Waals surface area (Å²) >= 11 is 8.78. The molecule has 2 amide bonds. The van der Waals surface area contributed by atoms with Crippen molar-refractivity contribution in [3.63, 3.8) is 0 Å². The predicted molar refractivity (Wildman–Crippen MR) is 166 cm³/mol. The standard InChI is InChI=1S/C30H40N2O2S4/c33-27(19-15-21-3-1-4-22(16-19)29(21)35-11-12-36-29)31-25-7-9-26(10-8-25)32-28(34)20-17-23-5-2-6-24(18-20)30(23)37-13-14-38-30/h7-10,19-24H,1-6,11-18H2,(H,31,33)(H,32,34)/t19?,21?,22?,23-,24-/m0/s1. The van der Waals surface area contributed by atoms with Crippen LogP contribution in [-0.2, 0) is 9.59 Å². The molecule has 2 aliphatic heterocycles. The van der Waals surface area contributed by atoms with Crippen molar-refractivity contribution in [1.82, 2.24) is 0 Å². The van der Waals surface area contributed by atoms with Gasteiger partial charge in [0.15, 0.2) is 0 Å². The van der Waals surface area contributed by atoms with Crippen LogP contribution in [0.4, 0.5) is 11.4 Å². The van der Waals surface area contributed by atoms with E-state index in [0.29, 0.717) is 31.8 Å². The van der Waals surface area contributed by atoms with Gasteiger partial charge in [0.2, 0.25) is 11.8 Å². The number of thioether (sulfide) groups is 4. The highest BCUT2D eigenvalue weighted by atomic mass is 32.2. The molecule has 1 aromatic carbocycles. The summed E-state index contributed by atoms with van der Waals surface area (Å²) in [6.07, 6.45) is 12.0.